The number of nitrogen functional groups attached to an aromatic ring is 1. The van der Waals surface area contributed by atoms with Crippen LogP contribution in [0.5, 0.6) is 0 Å². The van der Waals surface area contributed by atoms with Gasteiger partial charge < -0.3 is 19.4 Å². The third kappa shape index (κ3) is 6.21. The van der Waals surface area contributed by atoms with Gasteiger partial charge in [0.25, 0.3) is 0 Å². The monoisotopic (exact) mass is 351 g/mol. The van der Waals surface area contributed by atoms with Crippen LogP contribution in [0.3, 0.4) is 0 Å². The first-order valence-corrected chi connectivity index (χ1v) is 8.29. The van der Waals surface area contributed by atoms with Crippen LogP contribution in [0.4, 0.5) is 5.69 Å². The second-order valence-corrected chi connectivity index (χ2v) is 7.15. The SMILES string of the molecule is Nc1ccc(S(=O)(=O)[O-])c(S(=O)(=O)[O-])c1S(=O)(=O)[O-].[Li+].[Li+].[Li+]. The van der Waals surface area contributed by atoms with E-state index in [2.05, 4.69) is 0 Å². The van der Waals surface area contributed by atoms with Gasteiger partial charge in [-0.25, -0.2) is 25.3 Å². The molecular formula is C6H4Li3NO9S3. The minimum absolute atomic E-state index is 0. The van der Waals surface area contributed by atoms with E-state index in [1.807, 2.05) is 0 Å². The number of rotatable bonds is 3. The minimum atomic E-state index is -5.74. The van der Waals surface area contributed by atoms with E-state index in [1.165, 1.54) is 0 Å². The van der Waals surface area contributed by atoms with Crippen molar-refractivity contribution in [1.29, 1.82) is 0 Å². The summed E-state index contributed by atoms with van der Waals surface area (Å²) in [6.45, 7) is 0. The van der Waals surface area contributed by atoms with Crippen molar-refractivity contribution in [1.82, 2.24) is 0 Å². The van der Waals surface area contributed by atoms with E-state index in [-0.39, 0.29) is 56.6 Å². The summed E-state index contributed by atoms with van der Waals surface area (Å²) < 4.78 is 97.7. The van der Waals surface area contributed by atoms with Crippen molar-refractivity contribution in [3.8, 4) is 0 Å². The van der Waals surface area contributed by atoms with Crippen molar-refractivity contribution in [3.05, 3.63) is 12.1 Å². The van der Waals surface area contributed by atoms with E-state index in [4.69, 9.17) is 5.73 Å². The van der Waals surface area contributed by atoms with Gasteiger partial charge in [0.2, 0.25) is 0 Å². The predicted molar refractivity (Wildman–Crippen MR) is 54.7 cm³/mol. The summed E-state index contributed by atoms with van der Waals surface area (Å²) in [5.41, 5.74) is 4.08. The van der Waals surface area contributed by atoms with Gasteiger partial charge in [0.15, 0.2) is 0 Å². The zero-order valence-corrected chi connectivity index (χ0v) is 14.1. The first-order chi connectivity index (χ1) is 8.26. The summed E-state index contributed by atoms with van der Waals surface area (Å²) in [4.78, 5) is -5.36. The van der Waals surface area contributed by atoms with Crippen molar-refractivity contribution in [3.63, 3.8) is 0 Å². The maximum Gasteiger partial charge on any atom is 1.00 e. The van der Waals surface area contributed by atoms with Crippen LogP contribution in [0, 0.1) is 0 Å². The van der Waals surface area contributed by atoms with E-state index in [0.29, 0.717) is 12.1 Å². The minimum Gasteiger partial charge on any atom is -0.744 e. The van der Waals surface area contributed by atoms with Gasteiger partial charge in [-0.2, -0.15) is 0 Å². The van der Waals surface area contributed by atoms with Gasteiger partial charge in [-0.15, -0.1) is 0 Å². The van der Waals surface area contributed by atoms with Crippen molar-refractivity contribution >= 4 is 36.0 Å². The zero-order valence-electron chi connectivity index (χ0n) is 11.6. The smallest absolute Gasteiger partial charge is 0.744 e. The molecule has 0 radical (unpaired) electrons. The molecule has 0 aliphatic heterocycles. The molecule has 0 spiro atoms. The fourth-order valence-electron chi connectivity index (χ4n) is 1.25. The van der Waals surface area contributed by atoms with Gasteiger partial charge in [-0.05, 0) is 12.1 Å². The average molecular weight is 351 g/mol. The van der Waals surface area contributed by atoms with Crippen LogP contribution in [0.1, 0.15) is 0 Å². The molecule has 0 aliphatic rings. The van der Waals surface area contributed by atoms with E-state index in [0.717, 1.165) is 0 Å². The van der Waals surface area contributed by atoms with Crippen LogP contribution < -0.4 is 62.3 Å². The fraction of sp³-hybridized carbons (Fsp3) is 0. The molecule has 0 aliphatic carbocycles. The molecule has 10 nitrogen and oxygen atoms in total. The Bertz CT molecular complexity index is 847. The standard InChI is InChI=1S/C6H7NO9S3.3Li/c7-3-1-2-4(17(8,9)10)6(19(14,15)16)5(3)18(11,12)13;;;/h1-2H,7H2,(H,8,9,10)(H,11,12,13)(H,14,15,16);;;/q;3*+1/p-3. The second kappa shape index (κ2) is 8.58. The largest absolute Gasteiger partial charge is 1.00 e. The molecule has 0 unspecified atom stereocenters. The van der Waals surface area contributed by atoms with Crippen molar-refractivity contribution in [2.45, 2.75) is 14.7 Å². The summed E-state index contributed by atoms with van der Waals surface area (Å²) in [6.07, 6.45) is 0. The maximum absolute atomic E-state index is 10.9. The Morgan fingerprint density at radius 1 is 0.682 bits per heavy atom. The Morgan fingerprint density at radius 3 is 1.32 bits per heavy atom. The number of hydrogen-bond donors (Lipinski definition) is 1. The summed E-state index contributed by atoms with van der Waals surface area (Å²) in [7, 11) is -16.8. The molecule has 0 atom stereocenters. The molecule has 0 aromatic heterocycles. The average Bonchev–Trinajstić information content (AvgIpc) is 2.11. The molecule has 1 aromatic rings. The van der Waals surface area contributed by atoms with Crippen molar-refractivity contribution < 1.29 is 95.5 Å². The normalized spacial score (nSPS) is 11.6. The summed E-state index contributed by atoms with van der Waals surface area (Å²) in [5.74, 6) is 0. The Kier molecular flexibility index (Phi) is 10.7. The molecule has 0 saturated carbocycles. The number of hydrogen-bond acceptors (Lipinski definition) is 10. The zero-order chi connectivity index (χ0) is 15.2. The predicted octanol–water partition coefficient (Wildman–Crippen LogP) is -11.0. The molecule has 0 bridgehead atoms. The van der Waals surface area contributed by atoms with Gasteiger partial charge in [0, 0.05) is 0 Å². The van der Waals surface area contributed by atoms with E-state index in [1.54, 1.807) is 0 Å². The molecule has 1 aromatic carbocycles. The quantitative estimate of drug-likeness (QED) is 0.310. The Balaban J connectivity index is -0.00000120. The van der Waals surface area contributed by atoms with Crippen LogP contribution in [0.25, 0.3) is 0 Å². The topological polar surface area (TPSA) is 198 Å². The van der Waals surface area contributed by atoms with Gasteiger partial charge in [-0.1, -0.05) is 0 Å². The Morgan fingerprint density at radius 2 is 1.05 bits per heavy atom. The van der Waals surface area contributed by atoms with E-state index < -0.39 is 50.7 Å². The van der Waals surface area contributed by atoms with Gasteiger partial charge in [0.1, 0.15) is 30.4 Å². The molecule has 108 valence electrons. The van der Waals surface area contributed by atoms with Gasteiger partial charge in [-0.3, -0.25) is 0 Å². The van der Waals surface area contributed by atoms with Crippen LogP contribution in [-0.2, 0) is 30.4 Å². The number of nitrogens with two attached hydrogens (primary N) is 1. The third-order valence-corrected chi connectivity index (χ3v) is 4.88. The third-order valence-electron chi connectivity index (χ3n) is 1.88. The Labute approximate surface area is 163 Å². The van der Waals surface area contributed by atoms with Crippen molar-refractivity contribution in [2.24, 2.45) is 0 Å². The molecule has 0 heterocycles. The molecule has 2 N–H and O–H groups in total. The first-order valence-electron chi connectivity index (χ1n) is 4.06. The van der Waals surface area contributed by atoms with E-state index in [9.17, 15) is 38.9 Å². The second-order valence-electron chi connectivity index (χ2n) is 3.17. The maximum atomic E-state index is 10.9. The van der Waals surface area contributed by atoms with Crippen LogP contribution in [0.15, 0.2) is 26.8 Å². The number of anilines is 1. The van der Waals surface area contributed by atoms with Gasteiger partial charge in [0.05, 0.1) is 20.4 Å². The Hall–Kier alpha value is 0.542. The summed E-state index contributed by atoms with van der Waals surface area (Å²) in [5, 5.41) is 0. The molecule has 0 amide bonds. The van der Waals surface area contributed by atoms with Crippen LogP contribution in [-0.4, -0.2) is 38.9 Å². The van der Waals surface area contributed by atoms with Gasteiger partial charge >= 0.3 is 56.6 Å². The van der Waals surface area contributed by atoms with Crippen LogP contribution >= 0.6 is 0 Å². The molecule has 0 fully saturated rings. The molecular weight excluding hydrogens is 347 g/mol. The first kappa shape index (κ1) is 27.4. The molecule has 0 saturated heterocycles. The fourth-order valence-corrected chi connectivity index (χ4v) is 4.46. The number of benzene rings is 1. The van der Waals surface area contributed by atoms with Crippen LogP contribution in [0.2, 0.25) is 0 Å². The molecule has 16 heteroatoms. The molecule has 22 heavy (non-hydrogen) atoms. The van der Waals surface area contributed by atoms with E-state index >= 15 is 0 Å². The molecule has 1 rings (SSSR count). The van der Waals surface area contributed by atoms with Crippen molar-refractivity contribution in [2.75, 3.05) is 5.73 Å². The summed E-state index contributed by atoms with van der Waals surface area (Å²) >= 11 is 0. The summed E-state index contributed by atoms with van der Waals surface area (Å²) in [6, 6.07) is 0.849.